The van der Waals surface area contributed by atoms with Gasteiger partial charge in [-0.2, -0.15) is 4.52 Å². The van der Waals surface area contributed by atoms with E-state index in [1.54, 1.807) is 16.6 Å². The number of nitrogens with zero attached hydrogens (tertiary/aromatic N) is 4. The number of fused-ring (bicyclic) bond motifs is 1. The van der Waals surface area contributed by atoms with Crippen molar-refractivity contribution in [2.24, 2.45) is 0 Å². The second kappa shape index (κ2) is 5.50. The summed E-state index contributed by atoms with van der Waals surface area (Å²) in [5.41, 5.74) is 2.81. The summed E-state index contributed by atoms with van der Waals surface area (Å²) in [4.78, 5) is 1.96. The average molecular weight is 356 g/mol. The molecule has 2 aromatic heterocycles. The quantitative estimate of drug-likeness (QED) is 0.564. The lowest BCUT2D eigenvalue weighted by Crippen LogP contribution is -1.96. The molecule has 0 aliphatic carbocycles. The molecule has 0 saturated carbocycles. The van der Waals surface area contributed by atoms with Gasteiger partial charge in [0.25, 0.3) is 0 Å². The first kappa shape index (κ1) is 15.0. The maximum atomic E-state index is 11.6. The molecule has 0 bridgehead atoms. The largest absolute Gasteiger partial charge is 0.235 e. The molecule has 0 saturated heterocycles. The topological polar surface area (TPSA) is 77.2 Å². The molecule has 8 heteroatoms. The van der Waals surface area contributed by atoms with Gasteiger partial charge in [-0.05, 0) is 28.1 Å². The fourth-order valence-electron chi connectivity index (χ4n) is 2.52. The van der Waals surface area contributed by atoms with Crippen LogP contribution in [0.3, 0.4) is 0 Å². The molecular formula is C16H12N4O2S2. The van der Waals surface area contributed by atoms with Crippen molar-refractivity contribution in [3.05, 3.63) is 54.6 Å². The number of hydrogen-bond donors (Lipinski definition) is 0. The van der Waals surface area contributed by atoms with Crippen molar-refractivity contribution >= 4 is 26.1 Å². The third-order valence-corrected chi connectivity index (χ3v) is 5.85. The van der Waals surface area contributed by atoms with Gasteiger partial charge in [-0.25, -0.2) is 8.42 Å². The maximum Gasteiger partial charge on any atom is 0.235 e. The Morgan fingerprint density at radius 1 is 0.958 bits per heavy atom. The predicted molar refractivity (Wildman–Crippen MR) is 92.6 cm³/mol. The molecule has 0 unspecified atom stereocenters. The van der Waals surface area contributed by atoms with E-state index in [1.165, 1.54) is 17.6 Å². The van der Waals surface area contributed by atoms with Gasteiger partial charge < -0.3 is 0 Å². The van der Waals surface area contributed by atoms with Gasteiger partial charge in [0.05, 0.1) is 15.5 Å². The Morgan fingerprint density at radius 2 is 1.67 bits per heavy atom. The summed E-state index contributed by atoms with van der Waals surface area (Å²) in [6.07, 6.45) is 1.20. The van der Waals surface area contributed by atoms with Crippen LogP contribution in [0, 0.1) is 0 Å². The van der Waals surface area contributed by atoms with E-state index in [0.717, 1.165) is 21.7 Å². The van der Waals surface area contributed by atoms with Crippen LogP contribution in [0.25, 0.3) is 26.7 Å². The van der Waals surface area contributed by atoms with Crippen LogP contribution in [0.2, 0.25) is 0 Å². The van der Waals surface area contributed by atoms with Crippen molar-refractivity contribution in [3.63, 3.8) is 0 Å². The van der Waals surface area contributed by atoms with Crippen molar-refractivity contribution in [1.82, 2.24) is 20.0 Å². The summed E-state index contributed by atoms with van der Waals surface area (Å²) in [6, 6.07) is 16.7. The van der Waals surface area contributed by atoms with Crippen molar-refractivity contribution in [3.8, 4) is 21.7 Å². The van der Waals surface area contributed by atoms with Gasteiger partial charge in [0, 0.05) is 11.8 Å². The predicted octanol–water partition coefficient (Wildman–Crippen LogP) is 2.92. The zero-order valence-corrected chi connectivity index (χ0v) is 14.3. The van der Waals surface area contributed by atoms with E-state index < -0.39 is 9.84 Å². The second-order valence-electron chi connectivity index (χ2n) is 5.32. The highest BCUT2D eigenvalue weighted by molar-refractivity contribution is 7.90. The summed E-state index contributed by atoms with van der Waals surface area (Å²) >= 11 is 1.47. The Labute approximate surface area is 142 Å². The molecule has 0 radical (unpaired) electrons. The van der Waals surface area contributed by atoms with E-state index >= 15 is 0 Å². The molecular weight excluding hydrogens is 344 g/mol. The van der Waals surface area contributed by atoms with Crippen LogP contribution in [0.5, 0.6) is 0 Å². The van der Waals surface area contributed by atoms with E-state index in [4.69, 9.17) is 0 Å². The van der Waals surface area contributed by atoms with E-state index in [0.29, 0.717) is 9.86 Å². The molecule has 120 valence electrons. The molecule has 2 heterocycles. The van der Waals surface area contributed by atoms with Crippen molar-refractivity contribution in [2.75, 3.05) is 6.26 Å². The first-order valence-electron chi connectivity index (χ1n) is 7.11. The van der Waals surface area contributed by atoms with E-state index in [1.807, 2.05) is 42.5 Å². The molecule has 24 heavy (non-hydrogen) atoms. The fraction of sp³-hybridized carbons (Fsp3) is 0.0625. The van der Waals surface area contributed by atoms with Crippen LogP contribution in [0.15, 0.2) is 59.5 Å². The van der Waals surface area contributed by atoms with Crippen LogP contribution in [-0.2, 0) is 9.84 Å². The molecule has 6 nitrogen and oxygen atoms in total. The minimum atomic E-state index is -3.21. The SMILES string of the molecule is CS(=O)(=O)c1ccc(-c2sc3nnnn3c2-c2ccccc2)cc1. The Bertz CT molecular complexity index is 1110. The second-order valence-corrected chi connectivity index (χ2v) is 8.31. The van der Waals surface area contributed by atoms with Gasteiger partial charge in [0.1, 0.15) is 0 Å². The maximum absolute atomic E-state index is 11.6. The van der Waals surface area contributed by atoms with E-state index in [-0.39, 0.29) is 0 Å². The number of tetrazole rings is 1. The molecule has 0 aliphatic rings. The number of rotatable bonds is 3. The molecule has 4 aromatic rings. The Kier molecular flexibility index (Phi) is 3.43. The summed E-state index contributed by atoms with van der Waals surface area (Å²) in [6.45, 7) is 0. The highest BCUT2D eigenvalue weighted by Crippen LogP contribution is 2.38. The molecule has 0 N–H and O–H groups in total. The van der Waals surface area contributed by atoms with Crippen LogP contribution >= 0.6 is 11.3 Å². The first-order chi connectivity index (χ1) is 11.5. The van der Waals surface area contributed by atoms with Crippen LogP contribution in [0.4, 0.5) is 0 Å². The van der Waals surface area contributed by atoms with Gasteiger partial charge in [0.15, 0.2) is 9.84 Å². The lowest BCUT2D eigenvalue weighted by molar-refractivity contribution is 0.602. The van der Waals surface area contributed by atoms with Gasteiger partial charge in [0.2, 0.25) is 4.96 Å². The zero-order chi connectivity index (χ0) is 16.7. The van der Waals surface area contributed by atoms with Crippen molar-refractivity contribution in [2.45, 2.75) is 4.90 Å². The minimum absolute atomic E-state index is 0.300. The fourth-order valence-corrected chi connectivity index (χ4v) is 4.18. The van der Waals surface area contributed by atoms with Crippen molar-refractivity contribution in [1.29, 1.82) is 0 Å². The van der Waals surface area contributed by atoms with E-state index in [2.05, 4.69) is 15.5 Å². The third-order valence-electron chi connectivity index (χ3n) is 3.65. The highest BCUT2D eigenvalue weighted by Gasteiger charge is 2.18. The number of benzene rings is 2. The third kappa shape index (κ3) is 2.49. The van der Waals surface area contributed by atoms with Gasteiger partial charge >= 0.3 is 0 Å². The minimum Gasteiger partial charge on any atom is -0.224 e. The van der Waals surface area contributed by atoms with Crippen LogP contribution in [0.1, 0.15) is 0 Å². The summed E-state index contributed by atoms with van der Waals surface area (Å²) < 4.78 is 25.0. The number of hydrogen-bond acceptors (Lipinski definition) is 6. The molecule has 2 aromatic carbocycles. The molecule has 0 fully saturated rings. The highest BCUT2D eigenvalue weighted by atomic mass is 32.2. The Balaban J connectivity index is 1.93. The lowest BCUT2D eigenvalue weighted by atomic mass is 10.1. The number of thiazole rings is 1. The average Bonchev–Trinajstić information content (AvgIpc) is 3.15. The molecule has 0 amide bonds. The molecule has 0 atom stereocenters. The summed E-state index contributed by atoms with van der Waals surface area (Å²) in [5, 5.41) is 11.8. The van der Waals surface area contributed by atoms with E-state index in [9.17, 15) is 8.42 Å². The standard InChI is InChI=1S/C16H12N4O2S2/c1-24(21,22)13-9-7-12(8-10-13)15-14(11-5-3-2-4-6-11)20-16(23-15)17-18-19-20/h2-10H,1H3. The smallest absolute Gasteiger partial charge is 0.224 e. The molecule has 0 spiro atoms. The first-order valence-corrected chi connectivity index (χ1v) is 9.81. The van der Waals surface area contributed by atoms with Gasteiger partial charge in [-0.3, -0.25) is 0 Å². The monoisotopic (exact) mass is 356 g/mol. The molecule has 4 rings (SSSR count). The van der Waals surface area contributed by atoms with Gasteiger partial charge in [-0.15, -0.1) is 0 Å². The normalized spacial score (nSPS) is 11.9. The lowest BCUT2D eigenvalue weighted by Gasteiger charge is -2.05. The number of aromatic nitrogens is 4. The van der Waals surface area contributed by atoms with Crippen LogP contribution in [-0.4, -0.2) is 34.7 Å². The molecule has 0 aliphatic heterocycles. The number of sulfone groups is 1. The Morgan fingerprint density at radius 3 is 2.33 bits per heavy atom. The van der Waals surface area contributed by atoms with Crippen LogP contribution < -0.4 is 0 Å². The zero-order valence-electron chi connectivity index (χ0n) is 12.6. The Hall–Kier alpha value is -2.58. The van der Waals surface area contributed by atoms with Crippen molar-refractivity contribution < 1.29 is 8.42 Å². The van der Waals surface area contributed by atoms with Gasteiger partial charge in [-0.1, -0.05) is 58.9 Å². The summed E-state index contributed by atoms with van der Waals surface area (Å²) in [5.74, 6) is 0. The summed E-state index contributed by atoms with van der Waals surface area (Å²) in [7, 11) is -3.21.